The highest BCUT2D eigenvalue weighted by molar-refractivity contribution is 5.98. The third kappa shape index (κ3) is 5.71. The number of aliphatic hydroxyl groups is 1. The highest BCUT2D eigenvalue weighted by Crippen LogP contribution is 2.27. The van der Waals surface area contributed by atoms with E-state index in [0.29, 0.717) is 28.8 Å². The van der Waals surface area contributed by atoms with Crippen molar-refractivity contribution >= 4 is 28.4 Å². The number of benzene rings is 1. The van der Waals surface area contributed by atoms with Gasteiger partial charge in [0.1, 0.15) is 17.5 Å². The number of fused-ring (bicyclic) bond motifs is 1. The number of aromatic amines is 1. The summed E-state index contributed by atoms with van der Waals surface area (Å²) in [6, 6.07) is 13.2. The Morgan fingerprint density at radius 3 is 2.67 bits per heavy atom. The summed E-state index contributed by atoms with van der Waals surface area (Å²) in [5.74, 6) is 1.13. The minimum Gasteiger partial charge on any atom is -0.488 e. The molecule has 0 radical (unpaired) electrons. The number of hydrogen-bond acceptors (Lipinski definition) is 8. The van der Waals surface area contributed by atoms with E-state index < -0.39 is 6.10 Å². The molecule has 2 fully saturated rings. The van der Waals surface area contributed by atoms with Crippen LogP contribution in [0.2, 0.25) is 0 Å². The zero-order valence-corrected chi connectivity index (χ0v) is 22.0. The fourth-order valence-corrected chi connectivity index (χ4v) is 5.21. The van der Waals surface area contributed by atoms with Crippen molar-refractivity contribution in [2.45, 2.75) is 37.9 Å². The predicted octanol–water partition coefficient (Wildman–Crippen LogP) is 3.83. The molecule has 0 bridgehead atoms. The monoisotopic (exact) mass is 527 g/mol. The van der Waals surface area contributed by atoms with Crippen LogP contribution >= 0.6 is 0 Å². The van der Waals surface area contributed by atoms with Crippen LogP contribution in [-0.4, -0.2) is 86.2 Å². The van der Waals surface area contributed by atoms with Crippen molar-refractivity contribution in [3.8, 4) is 17.1 Å². The number of H-pyrrole nitrogens is 1. The van der Waals surface area contributed by atoms with Gasteiger partial charge in [0.15, 0.2) is 0 Å². The van der Waals surface area contributed by atoms with E-state index in [9.17, 15) is 9.90 Å². The first-order valence-electron chi connectivity index (χ1n) is 13.5. The summed E-state index contributed by atoms with van der Waals surface area (Å²) in [7, 11) is 2.07. The van der Waals surface area contributed by atoms with Crippen molar-refractivity contribution in [3.05, 3.63) is 60.6 Å². The molecule has 1 saturated carbocycles. The Bertz CT molecular complexity index is 1460. The van der Waals surface area contributed by atoms with Crippen LogP contribution in [0.15, 0.2) is 54.9 Å². The Labute approximate surface area is 227 Å². The standard InChI is InChI=1S/C29H33N7O3/c1-35-12-14-36(15-13-35)28(38)25-17-19-16-20(6-7-22(19)33-25)32-29-31-11-9-23(34-29)24-18-21(8-10-30-24)39-27-5-3-2-4-26(27)37/h6-11,16-18,26-27,33,37H,2-5,12-15H2,1H3,(H,31,32,34)/t26?,27-/m0/s1. The number of hydrogen-bond donors (Lipinski definition) is 3. The van der Waals surface area contributed by atoms with Gasteiger partial charge in [0.25, 0.3) is 5.91 Å². The molecule has 1 aliphatic heterocycles. The van der Waals surface area contributed by atoms with Crippen LogP contribution < -0.4 is 10.1 Å². The van der Waals surface area contributed by atoms with E-state index >= 15 is 0 Å². The van der Waals surface area contributed by atoms with Gasteiger partial charge < -0.3 is 29.9 Å². The van der Waals surface area contributed by atoms with E-state index in [0.717, 1.165) is 68.5 Å². The van der Waals surface area contributed by atoms with E-state index in [-0.39, 0.29) is 12.0 Å². The Morgan fingerprint density at radius 1 is 1.00 bits per heavy atom. The molecule has 3 aromatic heterocycles. The maximum Gasteiger partial charge on any atom is 0.270 e. The van der Waals surface area contributed by atoms with Gasteiger partial charge in [-0.05, 0) is 62.7 Å². The van der Waals surface area contributed by atoms with Crippen molar-refractivity contribution in [2.75, 3.05) is 38.5 Å². The molecule has 39 heavy (non-hydrogen) atoms. The third-order valence-electron chi connectivity index (χ3n) is 7.50. The maximum absolute atomic E-state index is 13.0. The maximum atomic E-state index is 13.0. The molecule has 1 unspecified atom stereocenters. The second-order valence-electron chi connectivity index (χ2n) is 10.4. The van der Waals surface area contributed by atoms with Crippen molar-refractivity contribution in [2.24, 2.45) is 0 Å². The summed E-state index contributed by atoms with van der Waals surface area (Å²) in [5, 5.41) is 14.5. The number of aliphatic hydroxyl groups excluding tert-OH is 1. The minimum absolute atomic E-state index is 0.0292. The van der Waals surface area contributed by atoms with Crippen LogP contribution in [0.4, 0.5) is 11.6 Å². The number of nitrogens with zero attached hydrogens (tertiary/aromatic N) is 5. The molecule has 2 aliphatic rings. The van der Waals surface area contributed by atoms with Gasteiger partial charge in [-0.1, -0.05) is 6.42 Å². The van der Waals surface area contributed by atoms with Crippen LogP contribution in [0.25, 0.3) is 22.3 Å². The van der Waals surface area contributed by atoms with Gasteiger partial charge in [0, 0.05) is 61.2 Å². The van der Waals surface area contributed by atoms with Gasteiger partial charge in [-0.15, -0.1) is 0 Å². The second-order valence-corrected chi connectivity index (χ2v) is 10.4. The number of piperazine rings is 1. The van der Waals surface area contributed by atoms with Crippen molar-refractivity contribution in [1.82, 2.24) is 29.7 Å². The molecule has 2 atom stereocenters. The smallest absolute Gasteiger partial charge is 0.270 e. The molecule has 10 heteroatoms. The Kier molecular flexibility index (Phi) is 7.12. The molecule has 10 nitrogen and oxygen atoms in total. The van der Waals surface area contributed by atoms with E-state index in [1.165, 1.54) is 0 Å². The Hall–Kier alpha value is -4.02. The summed E-state index contributed by atoms with van der Waals surface area (Å²) in [4.78, 5) is 33.9. The number of rotatable bonds is 6. The molecule has 202 valence electrons. The van der Waals surface area contributed by atoms with Gasteiger partial charge >= 0.3 is 0 Å². The molecule has 1 aliphatic carbocycles. The first-order chi connectivity index (χ1) is 19.0. The first-order valence-corrected chi connectivity index (χ1v) is 13.5. The summed E-state index contributed by atoms with van der Waals surface area (Å²) >= 11 is 0. The number of aromatic nitrogens is 4. The predicted molar refractivity (Wildman–Crippen MR) is 149 cm³/mol. The molecular formula is C29H33N7O3. The molecule has 4 aromatic rings. The number of ether oxygens (including phenoxy) is 1. The van der Waals surface area contributed by atoms with Crippen molar-refractivity contribution in [1.29, 1.82) is 0 Å². The molecule has 3 N–H and O–H groups in total. The number of likely N-dealkylation sites (N-methyl/N-ethyl adjacent to an activating group) is 1. The number of carbonyl (C=O) groups is 1. The molecular weight excluding hydrogens is 494 g/mol. The number of carbonyl (C=O) groups excluding carboxylic acids is 1. The van der Waals surface area contributed by atoms with E-state index in [4.69, 9.17) is 4.74 Å². The lowest BCUT2D eigenvalue weighted by Gasteiger charge is -2.32. The fourth-order valence-electron chi connectivity index (χ4n) is 5.21. The molecule has 1 aromatic carbocycles. The lowest BCUT2D eigenvalue weighted by molar-refractivity contribution is 0.00686. The second kappa shape index (κ2) is 11.0. The highest BCUT2D eigenvalue weighted by atomic mass is 16.5. The molecule has 1 amide bonds. The van der Waals surface area contributed by atoms with Crippen LogP contribution in [0.3, 0.4) is 0 Å². The van der Waals surface area contributed by atoms with E-state index in [1.54, 1.807) is 24.5 Å². The number of pyridine rings is 1. The molecule has 0 spiro atoms. The summed E-state index contributed by atoms with van der Waals surface area (Å²) in [5.41, 5.74) is 3.63. The lowest BCUT2D eigenvalue weighted by atomic mass is 9.95. The van der Waals surface area contributed by atoms with Gasteiger partial charge in [0.05, 0.1) is 17.5 Å². The van der Waals surface area contributed by atoms with E-state index in [2.05, 4.69) is 37.2 Å². The topological polar surface area (TPSA) is 120 Å². The lowest BCUT2D eigenvalue weighted by Crippen LogP contribution is -2.47. The average molecular weight is 528 g/mol. The zero-order chi connectivity index (χ0) is 26.8. The van der Waals surface area contributed by atoms with Gasteiger partial charge in [0.2, 0.25) is 5.95 Å². The van der Waals surface area contributed by atoms with Crippen LogP contribution in [0.1, 0.15) is 36.2 Å². The quantitative estimate of drug-likeness (QED) is 0.346. The highest BCUT2D eigenvalue weighted by Gasteiger charge is 2.25. The van der Waals surface area contributed by atoms with Gasteiger partial charge in [-0.25, -0.2) is 9.97 Å². The Balaban J connectivity index is 1.16. The normalized spacial score (nSPS) is 20.2. The average Bonchev–Trinajstić information content (AvgIpc) is 3.38. The molecule has 4 heterocycles. The number of anilines is 2. The van der Waals surface area contributed by atoms with Crippen LogP contribution in [-0.2, 0) is 0 Å². The summed E-state index contributed by atoms with van der Waals surface area (Å²) in [6.07, 6.45) is 6.45. The SMILES string of the molecule is CN1CCN(C(=O)c2cc3cc(Nc4nccc(-c5cc(O[C@H]6CCCCC6O)ccn5)n4)ccc3[nH]2)CC1. The summed E-state index contributed by atoms with van der Waals surface area (Å²) in [6.45, 7) is 3.24. The van der Waals surface area contributed by atoms with Crippen molar-refractivity contribution in [3.63, 3.8) is 0 Å². The van der Waals surface area contributed by atoms with Crippen molar-refractivity contribution < 1.29 is 14.6 Å². The number of nitrogens with one attached hydrogen (secondary N) is 2. The molecule has 6 rings (SSSR count). The largest absolute Gasteiger partial charge is 0.488 e. The Morgan fingerprint density at radius 2 is 1.82 bits per heavy atom. The van der Waals surface area contributed by atoms with Crippen LogP contribution in [0, 0.1) is 0 Å². The summed E-state index contributed by atoms with van der Waals surface area (Å²) < 4.78 is 6.08. The molecule has 1 saturated heterocycles. The van der Waals surface area contributed by atoms with Gasteiger partial charge in [-0.2, -0.15) is 0 Å². The third-order valence-corrected chi connectivity index (χ3v) is 7.50. The minimum atomic E-state index is -0.441. The zero-order valence-electron chi connectivity index (χ0n) is 22.0. The number of amides is 1. The first kappa shape index (κ1) is 25.3. The van der Waals surface area contributed by atoms with Crippen LogP contribution in [0.5, 0.6) is 5.75 Å². The van der Waals surface area contributed by atoms with E-state index in [1.807, 2.05) is 35.2 Å². The van der Waals surface area contributed by atoms with Gasteiger partial charge in [-0.3, -0.25) is 9.78 Å². The fraction of sp³-hybridized carbons (Fsp3) is 0.379.